The molecule has 1 rings (SSSR count). The lowest BCUT2D eigenvalue weighted by Crippen LogP contribution is -2.44. The maximum Gasteiger partial charge on any atom is 0.234 e. The van der Waals surface area contributed by atoms with Gasteiger partial charge in [0.2, 0.25) is 5.91 Å². The minimum atomic E-state index is -0.152. The largest absolute Gasteiger partial charge is 0.377 e. The van der Waals surface area contributed by atoms with Gasteiger partial charge >= 0.3 is 0 Å². The summed E-state index contributed by atoms with van der Waals surface area (Å²) in [5.41, 5.74) is 0. The first-order valence-electron chi connectivity index (χ1n) is 5.21. The number of carbonyl (C=O) groups is 1. The standard InChI is InChI=1S/C10H18BrNO3/c1-7(2)9(11)10(13)12-8-5-14-3-4-15-6-8/h7-9H,3-6H2,1-2H3,(H,12,13). The highest BCUT2D eigenvalue weighted by atomic mass is 79.9. The number of carbonyl (C=O) groups excluding carboxylic acids is 1. The van der Waals surface area contributed by atoms with E-state index in [1.807, 2.05) is 13.8 Å². The van der Waals surface area contributed by atoms with Crippen molar-refractivity contribution in [1.29, 1.82) is 0 Å². The summed E-state index contributed by atoms with van der Waals surface area (Å²) in [4.78, 5) is 11.5. The number of hydrogen-bond acceptors (Lipinski definition) is 3. The summed E-state index contributed by atoms with van der Waals surface area (Å²) in [6.45, 7) is 6.27. The Balaban J connectivity index is 2.35. The normalized spacial score (nSPS) is 21.1. The van der Waals surface area contributed by atoms with E-state index in [0.29, 0.717) is 26.4 Å². The first-order valence-corrected chi connectivity index (χ1v) is 6.12. The molecule has 0 saturated carbocycles. The van der Waals surface area contributed by atoms with Gasteiger partial charge in [-0.2, -0.15) is 0 Å². The summed E-state index contributed by atoms with van der Waals surface area (Å²) in [6.07, 6.45) is 0. The molecule has 0 spiro atoms. The molecule has 1 atom stereocenters. The van der Waals surface area contributed by atoms with Crippen LogP contribution >= 0.6 is 15.9 Å². The number of amides is 1. The van der Waals surface area contributed by atoms with Gasteiger partial charge in [0.1, 0.15) is 0 Å². The molecule has 1 unspecified atom stereocenters. The third kappa shape index (κ3) is 4.49. The lowest BCUT2D eigenvalue weighted by molar-refractivity contribution is -0.122. The molecule has 0 radical (unpaired) electrons. The molecule has 1 aliphatic heterocycles. The Morgan fingerprint density at radius 3 is 2.33 bits per heavy atom. The molecular formula is C10H18BrNO3. The fourth-order valence-corrected chi connectivity index (χ4v) is 1.42. The topological polar surface area (TPSA) is 47.6 Å². The van der Waals surface area contributed by atoms with Gasteiger partial charge in [-0.05, 0) is 5.92 Å². The van der Waals surface area contributed by atoms with Crippen LogP contribution in [0.3, 0.4) is 0 Å². The number of rotatable bonds is 3. The van der Waals surface area contributed by atoms with E-state index in [-0.39, 0.29) is 22.7 Å². The van der Waals surface area contributed by atoms with Crippen LogP contribution in [0, 0.1) is 5.92 Å². The first-order chi connectivity index (χ1) is 7.11. The Hall–Kier alpha value is -0.130. The van der Waals surface area contributed by atoms with E-state index in [9.17, 15) is 4.79 Å². The van der Waals surface area contributed by atoms with Crippen molar-refractivity contribution in [2.45, 2.75) is 24.7 Å². The maximum atomic E-state index is 11.7. The van der Waals surface area contributed by atoms with Crippen LogP contribution in [0.15, 0.2) is 0 Å². The Kier molecular flexibility index (Phi) is 5.56. The van der Waals surface area contributed by atoms with Crippen LogP contribution in [0.2, 0.25) is 0 Å². The lowest BCUT2D eigenvalue weighted by Gasteiger charge is -2.19. The average molecular weight is 280 g/mol. The summed E-state index contributed by atoms with van der Waals surface area (Å²) in [7, 11) is 0. The molecule has 1 aliphatic rings. The Morgan fingerprint density at radius 2 is 1.87 bits per heavy atom. The van der Waals surface area contributed by atoms with Crippen LogP contribution < -0.4 is 5.32 Å². The summed E-state index contributed by atoms with van der Waals surface area (Å²) < 4.78 is 10.6. The van der Waals surface area contributed by atoms with E-state index in [2.05, 4.69) is 21.2 Å². The van der Waals surface area contributed by atoms with Gasteiger partial charge in [0.25, 0.3) is 0 Å². The van der Waals surface area contributed by atoms with Crippen molar-refractivity contribution in [1.82, 2.24) is 5.32 Å². The molecule has 1 heterocycles. The highest BCUT2D eigenvalue weighted by Crippen LogP contribution is 2.12. The number of alkyl halides is 1. The molecule has 0 aromatic rings. The Bertz CT molecular complexity index is 203. The predicted octanol–water partition coefficient (Wildman–Crippen LogP) is 0.938. The van der Waals surface area contributed by atoms with Crippen molar-refractivity contribution in [3.63, 3.8) is 0 Å². The minimum Gasteiger partial charge on any atom is -0.377 e. The summed E-state index contributed by atoms with van der Waals surface area (Å²) >= 11 is 3.36. The molecule has 0 aromatic carbocycles. The average Bonchev–Trinajstić information content (AvgIpc) is 2.45. The molecule has 88 valence electrons. The summed E-state index contributed by atoms with van der Waals surface area (Å²) in [6, 6.07) is -0.0289. The molecule has 1 saturated heterocycles. The van der Waals surface area contributed by atoms with Gasteiger partial charge < -0.3 is 14.8 Å². The van der Waals surface area contributed by atoms with Crippen molar-refractivity contribution in [3.8, 4) is 0 Å². The fourth-order valence-electron chi connectivity index (χ4n) is 1.28. The van der Waals surface area contributed by atoms with Crippen molar-refractivity contribution >= 4 is 21.8 Å². The Morgan fingerprint density at radius 1 is 1.33 bits per heavy atom. The number of halogens is 1. The van der Waals surface area contributed by atoms with E-state index in [0.717, 1.165) is 0 Å². The van der Waals surface area contributed by atoms with Crippen molar-refractivity contribution < 1.29 is 14.3 Å². The van der Waals surface area contributed by atoms with Gasteiger partial charge in [-0.1, -0.05) is 29.8 Å². The second kappa shape index (κ2) is 6.45. The van der Waals surface area contributed by atoms with Crippen LogP contribution in [-0.4, -0.2) is 43.2 Å². The van der Waals surface area contributed by atoms with Gasteiger partial charge in [-0.15, -0.1) is 0 Å². The van der Waals surface area contributed by atoms with Crippen LogP contribution in [-0.2, 0) is 14.3 Å². The van der Waals surface area contributed by atoms with Crippen molar-refractivity contribution in [3.05, 3.63) is 0 Å². The first kappa shape index (κ1) is 12.9. The van der Waals surface area contributed by atoms with E-state index < -0.39 is 0 Å². The molecule has 15 heavy (non-hydrogen) atoms. The van der Waals surface area contributed by atoms with Crippen LogP contribution in [0.4, 0.5) is 0 Å². The SMILES string of the molecule is CC(C)C(Br)C(=O)NC1COCCOC1. The molecule has 1 fully saturated rings. The second-order valence-corrected chi connectivity index (χ2v) is 4.99. The molecule has 1 amide bonds. The third-order valence-electron chi connectivity index (χ3n) is 2.19. The molecule has 0 bridgehead atoms. The smallest absolute Gasteiger partial charge is 0.234 e. The summed E-state index contributed by atoms with van der Waals surface area (Å²) in [5.74, 6) is 0.279. The predicted molar refractivity (Wildman–Crippen MR) is 61.1 cm³/mol. The van der Waals surface area contributed by atoms with Gasteiger partial charge in [0.05, 0.1) is 37.3 Å². The summed E-state index contributed by atoms with van der Waals surface area (Å²) in [5, 5.41) is 2.90. The van der Waals surface area contributed by atoms with E-state index in [1.165, 1.54) is 0 Å². The maximum absolute atomic E-state index is 11.7. The molecule has 1 N–H and O–H groups in total. The zero-order valence-electron chi connectivity index (χ0n) is 9.16. The van der Waals surface area contributed by atoms with Crippen molar-refractivity contribution in [2.75, 3.05) is 26.4 Å². The zero-order valence-corrected chi connectivity index (χ0v) is 10.7. The second-order valence-electron chi connectivity index (χ2n) is 4.00. The fraction of sp³-hybridized carbons (Fsp3) is 0.900. The number of ether oxygens (including phenoxy) is 2. The van der Waals surface area contributed by atoms with E-state index in [4.69, 9.17) is 9.47 Å². The third-order valence-corrected chi connectivity index (χ3v) is 3.67. The highest BCUT2D eigenvalue weighted by molar-refractivity contribution is 9.10. The minimum absolute atomic E-state index is 0.00380. The molecule has 0 aliphatic carbocycles. The molecular weight excluding hydrogens is 262 g/mol. The van der Waals surface area contributed by atoms with E-state index >= 15 is 0 Å². The van der Waals surface area contributed by atoms with Crippen LogP contribution in [0.1, 0.15) is 13.8 Å². The quantitative estimate of drug-likeness (QED) is 0.783. The molecule has 5 heteroatoms. The number of hydrogen-bond donors (Lipinski definition) is 1. The highest BCUT2D eigenvalue weighted by Gasteiger charge is 2.22. The zero-order chi connectivity index (χ0) is 11.3. The van der Waals surface area contributed by atoms with Gasteiger partial charge in [-0.25, -0.2) is 0 Å². The van der Waals surface area contributed by atoms with Crippen LogP contribution in [0.25, 0.3) is 0 Å². The molecule has 0 aromatic heterocycles. The Labute approximate surface area is 98.8 Å². The number of nitrogens with one attached hydrogen (secondary N) is 1. The van der Waals surface area contributed by atoms with Gasteiger partial charge in [-0.3, -0.25) is 4.79 Å². The van der Waals surface area contributed by atoms with E-state index in [1.54, 1.807) is 0 Å². The van der Waals surface area contributed by atoms with Crippen LogP contribution in [0.5, 0.6) is 0 Å². The van der Waals surface area contributed by atoms with Crippen molar-refractivity contribution in [2.24, 2.45) is 5.92 Å². The van der Waals surface area contributed by atoms with Gasteiger partial charge in [0.15, 0.2) is 0 Å². The lowest BCUT2D eigenvalue weighted by atomic mass is 10.1. The molecule has 4 nitrogen and oxygen atoms in total. The van der Waals surface area contributed by atoms with Gasteiger partial charge in [0, 0.05) is 0 Å². The monoisotopic (exact) mass is 279 g/mol.